The predicted octanol–water partition coefficient (Wildman–Crippen LogP) is 5.94. The van der Waals surface area contributed by atoms with Crippen molar-refractivity contribution in [3.63, 3.8) is 0 Å². The van der Waals surface area contributed by atoms with E-state index < -0.39 is 5.63 Å². The van der Waals surface area contributed by atoms with Gasteiger partial charge in [-0.1, -0.05) is 26.0 Å². The highest BCUT2D eigenvalue weighted by atomic mass is 16.5. The third-order valence-electron chi connectivity index (χ3n) is 6.19. The minimum Gasteiger partial charge on any atom is -0.497 e. The zero-order valence-corrected chi connectivity index (χ0v) is 21.2. The molecule has 0 fully saturated rings. The summed E-state index contributed by atoms with van der Waals surface area (Å²) in [5.74, 6) is 2.12. The van der Waals surface area contributed by atoms with Crippen molar-refractivity contribution < 1.29 is 18.6 Å². The van der Waals surface area contributed by atoms with Gasteiger partial charge in [-0.05, 0) is 67.2 Å². The summed E-state index contributed by atoms with van der Waals surface area (Å²) < 4.78 is 22.2. The highest BCUT2D eigenvalue weighted by Gasteiger charge is 2.18. The molecule has 0 unspecified atom stereocenters. The van der Waals surface area contributed by atoms with E-state index in [1.54, 1.807) is 20.3 Å². The van der Waals surface area contributed by atoms with Gasteiger partial charge in [0.1, 0.15) is 29.4 Å². The number of hydrogen-bond acceptors (Lipinski definition) is 7. The number of rotatable bonds is 11. The normalized spacial score (nSPS) is 11.0. The van der Waals surface area contributed by atoms with Gasteiger partial charge in [0.05, 0.1) is 25.5 Å². The highest BCUT2D eigenvalue weighted by molar-refractivity contribution is 6.00. The SMILES string of the molecule is CCN(CC)CCOc1ccc(Nc2c(-c3ccc(OC)cc3)c(=O)oc3cc(OC)ccc23)cc1. The Morgan fingerprint density at radius 2 is 1.47 bits per heavy atom. The molecular weight excluding hydrogens is 456 g/mol. The Morgan fingerprint density at radius 3 is 2.11 bits per heavy atom. The zero-order valence-electron chi connectivity index (χ0n) is 21.2. The lowest BCUT2D eigenvalue weighted by molar-refractivity contribution is 0.223. The van der Waals surface area contributed by atoms with Gasteiger partial charge in [0.25, 0.3) is 0 Å². The lowest BCUT2D eigenvalue weighted by atomic mass is 10.0. The molecule has 7 nitrogen and oxygen atoms in total. The summed E-state index contributed by atoms with van der Waals surface area (Å²) in [5, 5.41) is 4.21. The molecule has 1 aromatic heterocycles. The van der Waals surface area contributed by atoms with Crippen molar-refractivity contribution in [1.29, 1.82) is 0 Å². The van der Waals surface area contributed by atoms with Gasteiger partial charge in [-0.3, -0.25) is 0 Å². The fraction of sp³-hybridized carbons (Fsp3) is 0.276. The number of likely N-dealkylation sites (N-methyl/N-ethyl adjacent to an activating group) is 1. The van der Waals surface area contributed by atoms with Crippen LogP contribution in [0.25, 0.3) is 22.1 Å². The molecule has 3 aromatic carbocycles. The van der Waals surface area contributed by atoms with Crippen LogP contribution in [-0.2, 0) is 0 Å². The first kappa shape index (κ1) is 25.1. The smallest absolute Gasteiger partial charge is 0.346 e. The molecule has 0 atom stereocenters. The second-order valence-corrected chi connectivity index (χ2v) is 8.25. The Bertz CT molecular complexity index is 1340. The molecule has 0 spiro atoms. The Morgan fingerprint density at radius 1 is 0.833 bits per heavy atom. The van der Waals surface area contributed by atoms with Crippen LogP contribution in [0.5, 0.6) is 17.2 Å². The standard InChI is InChI=1S/C29H32N2O5/c1-5-31(6-2)17-18-35-23-13-9-21(10-14-23)30-28-25-16-15-24(34-4)19-26(25)36-29(32)27(28)20-7-11-22(33-3)12-8-20/h7-16,19,30H,5-6,17-18H2,1-4H3. The number of nitrogens with one attached hydrogen (secondary N) is 1. The van der Waals surface area contributed by atoms with Crippen LogP contribution in [0, 0.1) is 0 Å². The Hall–Kier alpha value is -3.97. The van der Waals surface area contributed by atoms with Crippen LogP contribution in [0.15, 0.2) is 75.9 Å². The van der Waals surface area contributed by atoms with E-state index in [0.717, 1.165) is 42.0 Å². The first-order chi connectivity index (χ1) is 17.6. The van der Waals surface area contributed by atoms with E-state index in [2.05, 4.69) is 24.1 Å². The fourth-order valence-electron chi connectivity index (χ4n) is 4.07. The molecule has 1 heterocycles. The topological polar surface area (TPSA) is 73.2 Å². The van der Waals surface area contributed by atoms with Crippen molar-refractivity contribution in [2.24, 2.45) is 0 Å². The Balaban J connectivity index is 1.68. The third-order valence-corrected chi connectivity index (χ3v) is 6.19. The molecule has 188 valence electrons. The quantitative estimate of drug-likeness (QED) is 0.262. The summed E-state index contributed by atoms with van der Waals surface area (Å²) in [4.78, 5) is 15.5. The Labute approximate surface area is 211 Å². The van der Waals surface area contributed by atoms with Crippen LogP contribution in [-0.4, -0.2) is 45.4 Å². The van der Waals surface area contributed by atoms with Crippen LogP contribution in [0.1, 0.15) is 13.8 Å². The largest absolute Gasteiger partial charge is 0.497 e. The van der Waals surface area contributed by atoms with Gasteiger partial charge in [0.2, 0.25) is 0 Å². The number of fused-ring (bicyclic) bond motifs is 1. The van der Waals surface area contributed by atoms with E-state index in [-0.39, 0.29) is 0 Å². The maximum Gasteiger partial charge on any atom is 0.346 e. The van der Waals surface area contributed by atoms with Gasteiger partial charge in [0, 0.05) is 23.7 Å². The van der Waals surface area contributed by atoms with Crippen molar-refractivity contribution in [1.82, 2.24) is 4.90 Å². The van der Waals surface area contributed by atoms with E-state index in [4.69, 9.17) is 18.6 Å². The van der Waals surface area contributed by atoms with Crippen molar-refractivity contribution in [2.45, 2.75) is 13.8 Å². The summed E-state index contributed by atoms with van der Waals surface area (Å²) in [6, 6.07) is 20.5. The second-order valence-electron chi connectivity index (χ2n) is 8.25. The summed E-state index contributed by atoms with van der Waals surface area (Å²) in [7, 11) is 3.19. The average molecular weight is 489 g/mol. The number of methoxy groups -OCH3 is 2. The third kappa shape index (κ3) is 5.63. The molecule has 0 amide bonds. The lowest BCUT2D eigenvalue weighted by Crippen LogP contribution is -2.27. The van der Waals surface area contributed by atoms with Gasteiger partial charge in [0.15, 0.2) is 0 Å². The molecule has 4 aromatic rings. The van der Waals surface area contributed by atoms with Crippen LogP contribution < -0.4 is 25.2 Å². The van der Waals surface area contributed by atoms with Crippen molar-refractivity contribution in [3.05, 3.63) is 77.2 Å². The number of hydrogen-bond donors (Lipinski definition) is 1. The molecule has 0 aliphatic heterocycles. The first-order valence-electron chi connectivity index (χ1n) is 12.1. The summed E-state index contributed by atoms with van der Waals surface area (Å²) in [6.07, 6.45) is 0. The Kier molecular flexibility index (Phi) is 8.13. The van der Waals surface area contributed by atoms with Gasteiger partial charge in [-0.25, -0.2) is 4.79 Å². The molecular formula is C29H32N2O5. The predicted molar refractivity (Wildman–Crippen MR) is 144 cm³/mol. The molecule has 4 rings (SSSR count). The van der Waals surface area contributed by atoms with Crippen molar-refractivity contribution in [3.8, 4) is 28.4 Å². The monoisotopic (exact) mass is 488 g/mol. The number of anilines is 2. The zero-order chi connectivity index (χ0) is 25.5. The van der Waals surface area contributed by atoms with Crippen molar-refractivity contribution in [2.75, 3.05) is 45.8 Å². The number of benzene rings is 3. The van der Waals surface area contributed by atoms with Crippen LogP contribution in [0.4, 0.5) is 11.4 Å². The lowest BCUT2D eigenvalue weighted by Gasteiger charge is -2.18. The summed E-state index contributed by atoms with van der Waals surface area (Å²) >= 11 is 0. The molecule has 0 aliphatic carbocycles. The first-order valence-corrected chi connectivity index (χ1v) is 12.1. The van der Waals surface area contributed by atoms with Crippen molar-refractivity contribution >= 4 is 22.3 Å². The average Bonchev–Trinajstić information content (AvgIpc) is 2.92. The molecule has 0 saturated heterocycles. The van der Waals surface area contributed by atoms with Crippen LogP contribution in [0.2, 0.25) is 0 Å². The number of ether oxygens (including phenoxy) is 3. The molecule has 0 saturated carbocycles. The van der Waals surface area contributed by atoms with E-state index in [9.17, 15) is 4.79 Å². The van der Waals surface area contributed by atoms with E-state index in [1.807, 2.05) is 60.7 Å². The van der Waals surface area contributed by atoms with Gasteiger partial charge < -0.3 is 28.8 Å². The van der Waals surface area contributed by atoms with E-state index in [1.165, 1.54) is 0 Å². The van der Waals surface area contributed by atoms with Gasteiger partial charge in [-0.2, -0.15) is 0 Å². The minimum atomic E-state index is -0.445. The highest BCUT2D eigenvalue weighted by Crippen LogP contribution is 2.36. The fourth-order valence-corrected chi connectivity index (χ4v) is 4.07. The van der Waals surface area contributed by atoms with E-state index in [0.29, 0.717) is 34.9 Å². The molecule has 7 heteroatoms. The molecule has 36 heavy (non-hydrogen) atoms. The molecule has 1 N–H and O–H groups in total. The maximum absolute atomic E-state index is 13.2. The molecule has 0 bridgehead atoms. The summed E-state index contributed by atoms with van der Waals surface area (Å²) in [5.41, 5.74) is 2.64. The second kappa shape index (κ2) is 11.6. The minimum absolute atomic E-state index is 0.440. The number of nitrogens with zero attached hydrogens (tertiary/aromatic N) is 1. The molecule has 0 radical (unpaired) electrons. The maximum atomic E-state index is 13.2. The van der Waals surface area contributed by atoms with Crippen LogP contribution >= 0.6 is 0 Å². The van der Waals surface area contributed by atoms with Crippen LogP contribution in [0.3, 0.4) is 0 Å². The summed E-state index contributed by atoms with van der Waals surface area (Å²) in [6.45, 7) is 7.81. The van der Waals surface area contributed by atoms with Gasteiger partial charge >= 0.3 is 5.63 Å². The molecule has 0 aliphatic rings. The van der Waals surface area contributed by atoms with Gasteiger partial charge in [-0.15, -0.1) is 0 Å². The van der Waals surface area contributed by atoms with E-state index >= 15 is 0 Å².